The monoisotopic (exact) mass is 368 g/mol. The SMILES string of the molecule is O=C1CCC(Nc2ncc3ncnc(Nc4cccc(Cl)c4)c3n2)CC1. The number of anilines is 3. The van der Waals surface area contributed by atoms with Crippen LogP contribution < -0.4 is 10.6 Å². The average molecular weight is 369 g/mol. The van der Waals surface area contributed by atoms with Crippen LogP contribution >= 0.6 is 11.6 Å². The summed E-state index contributed by atoms with van der Waals surface area (Å²) < 4.78 is 0. The molecule has 2 heterocycles. The van der Waals surface area contributed by atoms with Gasteiger partial charge in [-0.1, -0.05) is 17.7 Å². The molecule has 1 aliphatic rings. The van der Waals surface area contributed by atoms with Crippen molar-refractivity contribution in [2.24, 2.45) is 0 Å². The van der Waals surface area contributed by atoms with Gasteiger partial charge in [-0.25, -0.2) is 19.9 Å². The van der Waals surface area contributed by atoms with Crippen LogP contribution in [0.4, 0.5) is 17.5 Å². The van der Waals surface area contributed by atoms with Gasteiger partial charge in [-0.3, -0.25) is 4.79 Å². The molecule has 1 aromatic carbocycles. The van der Waals surface area contributed by atoms with Gasteiger partial charge in [-0.15, -0.1) is 0 Å². The zero-order valence-corrected chi connectivity index (χ0v) is 14.7. The molecule has 1 fully saturated rings. The molecule has 1 aliphatic carbocycles. The second-order valence-corrected chi connectivity index (χ2v) is 6.68. The maximum Gasteiger partial charge on any atom is 0.223 e. The van der Waals surface area contributed by atoms with E-state index in [0.29, 0.717) is 46.4 Å². The van der Waals surface area contributed by atoms with Crippen molar-refractivity contribution in [2.75, 3.05) is 10.6 Å². The van der Waals surface area contributed by atoms with Crippen LogP contribution in [0.2, 0.25) is 5.02 Å². The molecule has 4 rings (SSSR count). The Kier molecular flexibility index (Phi) is 4.62. The van der Waals surface area contributed by atoms with E-state index in [2.05, 4.69) is 30.6 Å². The third-order valence-corrected chi connectivity index (χ3v) is 4.58. The Morgan fingerprint density at radius 1 is 1.12 bits per heavy atom. The van der Waals surface area contributed by atoms with Gasteiger partial charge in [-0.05, 0) is 31.0 Å². The van der Waals surface area contributed by atoms with Crippen molar-refractivity contribution in [3.05, 3.63) is 41.8 Å². The van der Waals surface area contributed by atoms with E-state index in [0.717, 1.165) is 18.5 Å². The number of Topliss-reactive ketones (excluding diaryl/α,β-unsaturated/α-hetero) is 1. The van der Waals surface area contributed by atoms with Gasteiger partial charge in [0.25, 0.3) is 0 Å². The molecule has 2 N–H and O–H groups in total. The molecule has 26 heavy (non-hydrogen) atoms. The third kappa shape index (κ3) is 3.72. The second-order valence-electron chi connectivity index (χ2n) is 6.24. The number of fused-ring (bicyclic) bond motifs is 1. The van der Waals surface area contributed by atoms with Crippen molar-refractivity contribution in [3.8, 4) is 0 Å². The van der Waals surface area contributed by atoms with Crippen LogP contribution in [0.3, 0.4) is 0 Å². The van der Waals surface area contributed by atoms with Gasteiger partial charge in [0.05, 0.1) is 6.20 Å². The lowest BCUT2D eigenvalue weighted by atomic mass is 9.94. The minimum absolute atomic E-state index is 0.208. The number of rotatable bonds is 4. The smallest absolute Gasteiger partial charge is 0.223 e. The van der Waals surface area contributed by atoms with E-state index in [1.807, 2.05) is 24.3 Å². The maximum absolute atomic E-state index is 11.4. The molecule has 1 saturated carbocycles. The van der Waals surface area contributed by atoms with E-state index in [4.69, 9.17) is 11.6 Å². The van der Waals surface area contributed by atoms with Crippen molar-refractivity contribution >= 4 is 45.9 Å². The van der Waals surface area contributed by atoms with Crippen LogP contribution in [0.5, 0.6) is 0 Å². The number of carbonyl (C=O) groups excluding carboxylic acids is 1. The molecule has 132 valence electrons. The van der Waals surface area contributed by atoms with Crippen LogP contribution in [0.15, 0.2) is 36.8 Å². The number of hydrogen-bond donors (Lipinski definition) is 2. The van der Waals surface area contributed by atoms with Crippen molar-refractivity contribution in [1.29, 1.82) is 0 Å². The summed E-state index contributed by atoms with van der Waals surface area (Å²) in [6.45, 7) is 0. The van der Waals surface area contributed by atoms with E-state index < -0.39 is 0 Å². The van der Waals surface area contributed by atoms with Gasteiger partial charge in [0.2, 0.25) is 5.95 Å². The molecule has 0 saturated heterocycles. The molecule has 0 amide bonds. The van der Waals surface area contributed by atoms with Crippen molar-refractivity contribution in [2.45, 2.75) is 31.7 Å². The van der Waals surface area contributed by atoms with Crippen LogP contribution in [0.25, 0.3) is 11.0 Å². The highest BCUT2D eigenvalue weighted by molar-refractivity contribution is 6.30. The first-order chi connectivity index (χ1) is 12.7. The fourth-order valence-corrected chi connectivity index (χ4v) is 3.18. The Morgan fingerprint density at radius 2 is 1.96 bits per heavy atom. The molecule has 8 heteroatoms. The Labute approximate surface area is 155 Å². The maximum atomic E-state index is 11.4. The number of nitrogens with zero attached hydrogens (tertiary/aromatic N) is 4. The Hall–Kier alpha value is -2.80. The van der Waals surface area contributed by atoms with E-state index in [1.54, 1.807) is 6.20 Å². The fourth-order valence-electron chi connectivity index (χ4n) is 2.98. The molecule has 0 bridgehead atoms. The molecule has 2 aromatic heterocycles. The molecular weight excluding hydrogens is 352 g/mol. The first-order valence-corrected chi connectivity index (χ1v) is 8.84. The number of benzene rings is 1. The average Bonchev–Trinajstić information content (AvgIpc) is 2.64. The summed E-state index contributed by atoms with van der Waals surface area (Å²) in [5.74, 6) is 1.42. The molecule has 0 aliphatic heterocycles. The lowest BCUT2D eigenvalue weighted by Gasteiger charge is -2.22. The van der Waals surface area contributed by atoms with Gasteiger partial charge in [0.15, 0.2) is 5.82 Å². The van der Waals surface area contributed by atoms with Gasteiger partial charge in [0.1, 0.15) is 23.1 Å². The second kappa shape index (κ2) is 7.21. The number of aromatic nitrogens is 4. The summed E-state index contributed by atoms with van der Waals surface area (Å²) in [6, 6.07) is 7.59. The van der Waals surface area contributed by atoms with Gasteiger partial charge in [0, 0.05) is 29.6 Å². The highest BCUT2D eigenvalue weighted by atomic mass is 35.5. The zero-order chi connectivity index (χ0) is 17.9. The lowest BCUT2D eigenvalue weighted by molar-refractivity contribution is -0.120. The van der Waals surface area contributed by atoms with E-state index in [9.17, 15) is 4.79 Å². The highest BCUT2D eigenvalue weighted by Crippen LogP contribution is 2.24. The summed E-state index contributed by atoms with van der Waals surface area (Å²) in [6.07, 6.45) is 5.96. The summed E-state index contributed by atoms with van der Waals surface area (Å²) >= 11 is 6.04. The normalized spacial score (nSPS) is 15.2. The predicted octanol–water partition coefficient (Wildman–Crippen LogP) is 3.74. The van der Waals surface area contributed by atoms with E-state index in [-0.39, 0.29) is 6.04 Å². The summed E-state index contributed by atoms with van der Waals surface area (Å²) in [4.78, 5) is 28.8. The quantitative estimate of drug-likeness (QED) is 0.724. The van der Waals surface area contributed by atoms with Crippen LogP contribution in [-0.4, -0.2) is 31.8 Å². The van der Waals surface area contributed by atoms with Crippen molar-refractivity contribution in [3.63, 3.8) is 0 Å². The van der Waals surface area contributed by atoms with Crippen LogP contribution in [-0.2, 0) is 4.79 Å². The molecule has 0 unspecified atom stereocenters. The minimum atomic E-state index is 0.208. The summed E-state index contributed by atoms with van der Waals surface area (Å²) in [7, 11) is 0. The Balaban J connectivity index is 1.60. The molecule has 3 aromatic rings. The molecule has 7 nitrogen and oxygen atoms in total. The first kappa shape index (κ1) is 16.7. The fraction of sp³-hybridized carbons (Fsp3) is 0.278. The summed E-state index contributed by atoms with van der Waals surface area (Å²) in [5, 5.41) is 7.18. The predicted molar refractivity (Wildman–Crippen MR) is 101 cm³/mol. The Morgan fingerprint density at radius 3 is 2.77 bits per heavy atom. The third-order valence-electron chi connectivity index (χ3n) is 4.34. The van der Waals surface area contributed by atoms with E-state index in [1.165, 1.54) is 6.33 Å². The molecule has 0 atom stereocenters. The van der Waals surface area contributed by atoms with Crippen molar-refractivity contribution < 1.29 is 4.79 Å². The minimum Gasteiger partial charge on any atom is -0.351 e. The number of hydrogen-bond acceptors (Lipinski definition) is 7. The summed E-state index contributed by atoms with van der Waals surface area (Å²) in [5.41, 5.74) is 2.09. The van der Waals surface area contributed by atoms with Gasteiger partial charge in [-0.2, -0.15) is 0 Å². The zero-order valence-electron chi connectivity index (χ0n) is 13.9. The standard InChI is InChI=1S/C18H17ClN6O/c19-11-2-1-3-13(8-11)23-17-16-15(21-10-22-17)9-20-18(25-16)24-12-4-6-14(26)7-5-12/h1-3,8-10,12H,4-7H2,(H,20,24,25)(H,21,22,23). The van der Waals surface area contributed by atoms with Crippen LogP contribution in [0.1, 0.15) is 25.7 Å². The van der Waals surface area contributed by atoms with Gasteiger partial charge < -0.3 is 10.6 Å². The number of ketones is 1. The number of halogens is 1. The first-order valence-electron chi connectivity index (χ1n) is 8.46. The lowest BCUT2D eigenvalue weighted by Crippen LogP contribution is -2.26. The Bertz CT molecular complexity index is 953. The number of carbonyl (C=O) groups is 1. The topological polar surface area (TPSA) is 92.7 Å². The molecule has 0 spiro atoms. The molecule has 0 radical (unpaired) electrons. The largest absolute Gasteiger partial charge is 0.351 e. The van der Waals surface area contributed by atoms with Gasteiger partial charge >= 0.3 is 0 Å². The van der Waals surface area contributed by atoms with Crippen molar-refractivity contribution in [1.82, 2.24) is 19.9 Å². The number of nitrogens with one attached hydrogen (secondary N) is 2. The highest BCUT2D eigenvalue weighted by Gasteiger charge is 2.19. The van der Waals surface area contributed by atoms with E-state index >= 15 is 0 Å². The molecular formula is C18H17ClN6O. The van der Waals surface area contributed by atoms with Crippen LogP contribution in [0, 0.1) is 0 Å².